The smallest absolute Gasteiger partial charge is 0.322 e. The first-order valence-corrected chi connectivity index (χ1v) is 11.7. The molecule has 0 aromatic rings. The zero-order chi connectivity index (χ0) is 30.4. The Hall–Kier alpha value is -3.87. The van der Waals surface area contributed by atoms with E-state index in [0.29, 0.717) is 0 Å². The average molecular weight is 564 g/mol. The van der Waals surface area contributed by atoms with Gasteiger partial charge in [0.15, 0.2) is 0 Å². The first kappa shape index (κ1) is 35.1. The van der Waals surface area contributed by atoms with E-state index in [1.54, 1.807) is 0 Å². The van der Waals surface area contributed by atoms with Crippen molar-refractivity contribution in [2.24, 2.45) is 17.4 Å². The Bertz CT molecular complexity index is 913. The largest absolute Gasteiger partial charge is 0.480 e. The molecule has 39 heavy (non-hydrogen) atoms. The van der Waals surface area contributed by atoms with E-state index in [1.165, 1.54) is 13.8 Å². The fourth-order valence-corrected chi connectivity index (χ4v) is 2.95. The minimum atomic E-state index is -1.77. The average Bonchev–Trinajstić information content (AvgIpc) is 2.85. The minimum Gasteiger partial charge on any atom is -0.480 e. The highest BCUT2D eigenvalue weighted by atomic mass is 16.4. The second-order valence-electron chi connectivity index (χ2n) is 8.83. The molecule has 6 amide bonds. The summed E-state index contributed by atoms with van der Waals surface area (Å²) in [6, 6.07) is -7.76. The van der Waals surface area contributed by atoms with E-state index in [1.807, 2.05) is 5.32 Å². The van der Waals surface area contributed by atoms with Crippen LogP contribution in [0.15, 0.2) is 0 Å². The number of carboxylic acids is 1. The number of nitrogens with one attached hydrogen (secondary N) is 5. The van der Waals surface area contributed by atoms with Crippen molar-refractivity contribution in [3.05, 3.63) is 0 Å². The Labute approximate surface area is 223 Å². The van der Waals surface area contributed by atoms with E-state index < -0.39 is 110 Å². The molecule has 6 atom stereocenters. The van der Waals surface area contributed by atoms with Crippen LogP contribution in [0.2, 0.25) is 0 Å². The second-order valence-corrected chi connectivity index (χ2v) is 8.83. The summed E-state index contributed by atoms with van der Waals surface area (Å²) >= 11 is 0. The van der Waals surface area contributed by atoms with Crippen LogP contribution >= 0.6 is 0 Å². The standard InChI is InChI=1S/C21H37N7O11/c1-8(2)15(20(38)24-5-14(33)34)27-18(36)11(4-13(23)32)25-21(39)16(9(3)31)28-19(37)12(7-30)26-17(35)10(22)6-29/h8-12,15-16,29-31H,4-7,22H2,1-3H3,(H2,23,32)(H,24,38)(H,25,39)(H,26,35)(H,27,36)(H,28,37)(H,33,34)/t9-,10+,11+,12+,15+,16+/m1/s1. The van der Waals surface area contributed by atoms with Crippen molar-refractivity contribution >= 4 is 41.4 Å². The molecule has 0 radical (unpaired) electrons. The number of nitrogens with two attached hydrogens (primary N) is 2. The monoisotopic (exact) mass is 563 g/mol. The van der Waals surface area contributed by atoms with Gasteiger partial charge in [-0.05, 0) is 12.8 Å². The van der Waals surface area contributed by atoms with Gasteiger partial charge >= 0.3 is 5.97 Å². The van der Waals surface area contributed by atoms with Gasteiger partial charge in [-0.1, -0.05) is 13.8 Å². The summed E-state index contributed by atoms with van der Waals surface area (Å²) in [7, 11) is 0. The van der Waals surface area contributed by atoms with Gasteiger partial charge in [0.05, 0.1) is 25.7 Å². The van der Waals surface area contributed by atoms with Gasteiger partial charge in [0.2, 0.25) is 35.4 Å². The number of aliphatic carboxylic acids is 1. The zero-order valence-electron chi connectivity index (χ0n) is 21.7. The summed E-state index contributed by atoms with van der Waals surface area (Å²) in [5.74, 6) is -8.13. The van der Waals surface area contributed by atoms with Gasteiger partial charge in [0.25, 0.3) is 0 Å². The molecule has 13 N–H and O–H groups in total. The van der Waals surface area contributed by atoms with Crippen LogP contribution in [-0.2, 0) is 33.6 Å². The van der Waals surface area contributed by atoms with Crippen molar-refractivity contribution in [3.8, 4) is 0 Å². The normalized spacial score (nSPS) is 15.5. The molecule has 222 valence electrons. The van der Waals surface area contributed by atoms with E-state index in [4.69, 9.17) is 21.7 Å². The van der Waals surface area contributed by atoms with Gasteiger partial charge < -0.3 is 58.5 Å². The van der Waals surface area contributed by atoms with Crippen molar-refractivity contribution < 1.29 is 54.0 Å². The first-order chi connectivity index (χ1) is 18.0. The van der Waals surface area contributed by atoms with Gasteiger partial charge in [-0.3, -0.25) is 33.6 Å². The summed E-state index contributed by atoms with van der Waals surface area (Å²) in [5.41, 5.74) is 10.5. The highest BCUT2D eigenvalue weighted by molar-refractivity contribution is 5.97. The van der Waals surface area contributed by atoms with Crippen molar-refractivity contribution in [2.75, 3.05) is 19.8 Å². The third-order valence-electron chi connectivity index (χ3n) is 5.11. The molecular weight excluding hydrogens is 526 g/mol. The number of carbonyl (C=O) groups is 7. The Morgan fingerprint density at radius 2 is 1.23 bits per heavy atom. The third kappa shape index (κ3) is 12.5. The van der Waals surface area contributed by atoms with Crippen LogP contribution in [0.5, 0.6) is 0 Å². The molecule has 0 fully saturated rings. The molecule has 0 aromatic heterocycles. The highest BCUT2D eigenvalue weighted by Gasteiger charge is 2.34. The number of aliphatic hydroxyl groups excluding tert-OH is 3. The number of carbonyl (C=O) groups excluding carboxylic acids is 6. The SMILES string of the molecule is CC(C)[C@H](NC(=O)[C@H](CC(N)=O)NC(=O)[C@@H](NC(=O)[C@H](CO)NC(=O)[C@@H](N)CO)[C@@H](C)O)C(=O)NCC(=O)O. The van der Waals surface area contributed by atoms with Crippen molar-refractivity contribution in [2.45, 2.75) is 63.5 Å². The van der Waals surface area contributed by atoms with E-state index in [0.717, 1.165) is 6.92 Å². The van der Waals surface area contributed by atoms with Gasteiger partial charge in [0, 0.05) is 0 Å². The Morgan fingerprint density at radius 1 is 0.718 bits per heavy atom. The number of amides is 6. The maximum atomic E-state index is 12.9. The zero-order valence-corrected chi connectivity index (χ0v) is 21.7. The molecule has 0 unspecified atom stereocenters. The van der Waals surface area contributed by atoms with Gasteiger partial charge in [0.1, 0.15) is 36.8 Å². The van der Waals surface area contributed by atoms with Gasteiger partial charge in [-0.2, -0.15) is 0 Å². The maximum Gasteiger partial charge on any atom is 0.322 e. The molecule has 0 rings (SSSR count). The summed E-state index contributed by atoms with van der Waals surface area (Å²) < 4.78 is 0. The van der Waals surface area contributed by atoms with Crippen LogP contribution in [0, 0.1) is 5.92 Å². The fraction of sp³-hybridized carbons (Fsp3) is 0.667. The molecule has 0 saturated carbocycles. The Morgan fingerprint density at radius 3 is 1.67 bits per heavy atom. The molecule has 0 aliphatic heterocycles. The third-order valence-corrected chi connectivity index (χ3v) is 5.11. The van der Waals surface area contributed by atoms with Crippen LogP contribution in [0.25, 0.3) is 0 Å². The van der Waals surface area contributed by atoms with Crippen molar-refractivity contribution in [3.63, 3.8) is 0 Å². The molecule has 0 aromatic carbocycles. The molecule has 0 aliphatic rings. The summed E-state index contributed by atoms with van der Waals surface area (Å²) in [6.45, 7) is 1.75. The number of primary amides is 1. The quantitative estimate of drug-likeness (QED) is 0.0786. The number of hydrogen-bond donors (Lipinski definition) is 11. The van der Waals surface area contributed by atoms with Crippen LogP contribution in [0.3, 0.4) is 0 Å². The maximum absolute atomic E-state index is 12.9. The second kappa shape index (κ2) is 16.9. The van der Waals surface area contributed by atoms with Crippen molar-refractivity contribution in [1.82, 2.24) is 26.6 Å². The topological polar surface area (TPSA) is 313 Å². The van der Waals surface area contributed by atoms with E-state index in [9.17, 15) is 43.8 Å². The first-order valence-electron chi connectivity index (χ1n) is 11.7. The fourth-order valence-electron chi connectivity index (χ4n) is 2.95. The van der Waals surface area contributed by atoms with E-state index >= 15 is 0 Å². The lowest BCUT2D eigenvalue weighted by molar-refractivity contribution is -0.139. The highest BCUT2D eigenvalue weighted by Crippen LogP contribution is 2.05. The Kier molecular flexibility index (Phi) is 15.2. The van der Waals surface area contributed by atoms with Crippen LogP contribution in [-0.4, -0.2) is 118 Å². The minimum absolute atomic E-state index is 0.554. The molecule has 0 bridgehead atoms. The molecule has 0 spiro atoms. The molecule has 18 heteroatoms. The predicted octanol–water partition coefficient (Wildman–Crippen LogP) is -6.65. The van der Waals surface area contributed by atoms with Gasteiger partial charge in [-0.15, -0.1) is 0 Å². The van der Waals surface area contributed by atoms with Crippen molar-refractivity contribution in [1.29, 1.82) is 0 Å². The summed E-state index contributed by atoms with van der Waals surface area (Å²) in [4.78, 5) is 84.7. The molecule has 0 saturated heterocycles. The number of aliphatic hydroxyl groups is 3. The van der Waals surface area contributed by atoms with Gasteiger partial charge in [-0.25, -0.2) is 0 Å². The van der Waals surface area contributed by atoms with Crippen LogP contribution in [0.1, 0.15) is 27.2 Å². The number of hydrogen-bond acceptors (Lipinski definition) is 11. The molecular formula is C21H37N7O11. The molecule has 0 aliphatic carbocycles. The number of rotatable bonds is 17. The Balaban J connectivity index is 5.68. The molecule has 0 heterocycles. The van der Waals surface area contributed by atoms with E-state index in [2.05, 4.69) is 21.3 Å². The van der Waals surface area contributed by atoms with E-state index in [-0.39, 0.29) is 0 Å². The number of carboxylic acid groups (broad SMARTS) is 1. The van der Waals surface area contributed by atoms with Crippen LogP contribution < -0.4 is 38.1 Å². The summed E-state index contributed by atoms with van der Waals surface area (Å²) in [5, 5.41) is 47.8. The lowest BCUT2D eigenvalue weighted by Gasteiger charge is -2.27. The van der Waals surface area contributed by atoms with Crippen LogP contribution in [0.4, 0.5) is 0 Å². The lowest BCUT2D eigenvalue weighted by Crippen LogP contribution is -2.62. The molecule has 18 nitrogen and oxygen atoms in total. The predicted molar refractivity (Wildman–Crippen MR) is 131 cm³/mol. The summed E-state index contributed by atoms with van der Waals surface area (Å²) in [6.07, 6.45) is -2.35. The lowest BCUT2D eigenvalue weighted by atomic mass is 10.0.